The highest BCUT2D eigenvalue weighted by Crippen LogP contribution is 2.18. The van der Waals surface area contributed by atoms with Gasteiger partial charge in [-0.1, -0.05) is 0 Å². The molecule has 1 amide bonds. The van der Waals surface area contributed by atoms with Crippen LogP contribution in [0.5, 0.6) is 0 Å². The van der Waals surface area contributed by atoms with Crippen LogP contribution in [0, 0.1) is 0 Å². The molecule has 0 saturated heterocycles. The molecule has 1 fully saturated rings. The molecule has 0 radical (unpaired) electrons. The topological polar surface area (TPSA) is 66.6 Å². The number of aliphatic hydroxyl groups is 1. The predicted molar refractivity (Wildman–Crippen MR) is 70.9 cm³/mol. The van der Waals surface area contributed by atoms with E-state index in [9.17, 15) is 9.90 Å². The first-order valence-electron chi connectivity index (χ1n) is 6.64. The lowest BCUT2D eigenvalue weighted by molar-refractivity contribution is 0.0867. The van der Waals surface area contributed by atoms with Crippen LogP contribution in [-0.4, -0.2) is 32.5 Å². The quantitative estimate of drug-likeness (QED) is 0.856. The molecule has 3 rings (SSSR count). The fourth-order valence-electron chi connectivity index (χ4n) is 2.54. The van der Waals surface area contributed by atoms with Gasteiger partial charge in [-0.15, -0.1) is 0 Å². The molecule has 0 spiro atoms. The van der Waals surface area contributed by atoms with Crippen LogP contribution in [0.4, 0.5) is 0 Å². The third kappa shape index (κ3) is 2.61. The molecule has 2 heterocycles. The number of pyridine rings is 1. The first kappa shape index (κ1) is 12.2. The average molecular weight is 259 g/mol. The number of amides is 1. The lowest BCUT2D eigenvalue weighted by Crippen LogP contribution is -2.38. The summed E-state index contributed by atoms with van der Waals surface area (Å²) in [5, 5.41) is 12.5. The standard InChI is InChI=1S/C14H17N3O2/c18-12-4-2-11(3-5-12)16-14(19)10-1-6-13-15-7-8-17(13)9-10/h1,6-9,11-12,18H,2-5H2,(H,16,19). The van der Waals surface area contributed by atoms with E-state index in [1.165, 1.54) is 0 Å². The molecular weight excluding hydrogens is 242 g/mol. The number of fused-ring (bicyclic) bond motifs is 1. The van der Waals surface area contributed by atoms with E-state index in [0.717, 1.165) is 31.3 Å². The SMILES string of the molecule is O=C(NC1CCC(O)CC1)c1ccc2nccn2c1. The first-order chi connectivity index (χ1) is 9.22. The monoisotopic (exact) mass is 259 g/mol. The van der Waals surface area contributed by atoms with Crippen LogP contribution < -0.4 is 5.32 Å². The van der Waals surface area contributed by atoms with Crippen molar-refractivity contribution in [3.63, 3.8) is 0 Å². The number of carbonyl (C=O) groups excluding carboxylic acids is 1. The summed E-state index contributed by atoms with van der Waals surface area (Å²) in [4.78, 5) is 16.3. The summed E-state index contributed by atoms with van der Waals surface area (Å²) in [5.74, 6) is -0.0583. The van der Waals surface area contributed by atoms with Crippen LogP contribution in [0.3, 0.4) is 0 Å². The van der Waals surface area contributed by atoms with Gasteiger partial charge in [-0.2, -0.15) is 0 Å². The first-order valence-corrected chi connectivity index (χ1v) is 6.64. The van der Waals surface area contributed by atoms with Gasteiger partial charge in [0.1, 0.15) is 5.65 Å². The molecule has 2 aromatic heterocycles. The molecule has 19 heavy (non-hydrogen) atoms. The minimum absolute atomic E-state index is 0.0583. The zero-order valence-electron chi connectivity index (χ0n) is 10.6. The van der Waals surface area contributed by atoms with Crippen molar-refractivity contribution in [1.29, 1.82) is 0 Å². The lowest BCUT2D eigenvalue weighted by atomic mass is 9.93. The van der Waals surface area contributed by atoms with Crippen molar-refractivity contribution < 1.29 is 9.90 Å². The van der Waals surface area contributed by atoms with Gasteiger partial charge in [0.25, 0.3) is 5.91 Å². The van der Waals surface area contributed by atoms with Crippen molar-refractivity contribution in [2.24, 2.45) is 0 Å². The van der Waals surface area contributed by atoms with Crippen LogP contribution in [0.2, 0.25) is 0 Å². The Morgan fingerprint density at radius 1 is 1.32 bits per heavy atom. The van der Waals surface area contributed by atoms with Crippen molar-refractivity contribution >= 4 is 11.6 Å². The van der Waals surface area contributed by atoms with Crippen LogP contribution >= 0.6 is 0 Å². The minimum Gasteiger partial charge on any atom is -0.393 e. The number of nitrogens with one attached hydrogen (secondary N) is 1. The van der Waals surface area contributed by atoms with E-state index in [-0.39, 0.29) is 18.1 Å². The van der Waals surface area contributed by atoms with E-state index in [1.54, 1.807) is 18.5 Å². The van der Waals surface area contributed by atoms with Crippen molar-refractivity contribution in [3.05, 3.63) is 36.3 Å². The number of hydrogen-bond acceptors (Lipinski definition) is 3. The zero-order valence-corrected chi connectivity index (χ0v) is 10.6. The highest BCUT2D eigenvalue weighted by molar-refractivity contribution is 5.94. The average Bonchev–Trinajstić information content (AvgIpc) is 2.88. The highest BCUT2D eigenvalue weighted by atomic mass is 16.3. The van der Waals surface area contributed by atoms with Crippen LogP contribution in [-0.2, 0) is 0 Å². The number of aromatic nitrogens is 2. The van der Waals surface area contributed by atoms with Crippen molar-refractivity contribution in [1.82, 2.24) is 14.7 Å². The number of aliphatic hydroxyl groups excluding tert-OH is 1. The molecule has 1 saturated carbocycles. The molecule has 0 aliphatic heterocycles. The Labute approximate surface area is 111 Å². The maximum absolute atomic E-state index is 12.2. The van der Waals surface area contributed by atoms with E-state index in [2.05, 4.69) is 10.3 Å². The molecule has 1 aliphatic carbocycles. The Morgan fingerprint density at radius 2 is 2.11 bits per heavy atom. The third-order valence-corrected chi connectivity index (χ3v) is 3.68. The van der Waals surface area contributed by atoms with Gasteiger partial charge in [-0.05, 0) is 37.8 Å². The van der Waals surface area contributed by atoms with Gasteiger partial charge >= 0.3 is 0 Å². The maximum Gasteiger partial charge on any atom is 0.252 e. The lowest BCUT2D eigenvalue weighted by Gasteiger charge is -2.26. The van der Waals surface area contributed by atoms with Gasteiger partial charge in [0.2, 0.25) is 0 Å². The molecule has 0 aromatic carbocycles. The van der Waals surface area contributed by atoms with Gasteiger partial charge in [-0.25, -0.2) is 4.98 Å². The van der Waals surface area contributed by atoms with E-state index in [1.807, 2.05) is 16.7 Å². The molecule has 1 aliphatic rings. The van der Waals surface area contributed by atoms with Gasteiger partial charge < -0.3 is 14.8 Å². The molecule has 5 heteroatoms. The fraction of sp³-hybridized carbons (Fsp3) is 0.429. The van der Waals surface area contributed by atoms with Gasteiger partial charge in [-0.3, -0.25) is 4.79 Å². The molecule has 0 bridgehead atoms. The van der Waals surface area contributed by atoms with Gasteiger partial charge in [0, 0.05) is 24.6 Å². The predicted octanol–water partition coefficient (Wildman–Crippen LogP) is 1.37. The van der Waals surface area contributed by atoms with E-state index in [0.29, 0.717) is 5.56 Å². The summed E-state index contributed by atoms with van der Waals surface area (Å²) >= 11 is 0. The minimum atomic E-state index is -0.199. The van der Waals surface area contributed by atoms with Crippen molar-refractivity contribution in [2.75, 3.05) is 0 Å². The Kier molecular flexibility index (Phi) is 3.21. The van der Waals surface area contributed by atoms with Crippen LogP contribution in [0.25, 0.3) is 5.65 Å². The molecule has 0 atom stereocenters. The highest BCUT2D eigenvalue weighted by Gasteiger charge is 2.21. The second-order valence-electron chi connectivity index (χ2n) is 5.09. The normalized spacial score (nSPS) is 23.4. The van der Waals surface area contributed by atoms with Crippen molar-refractivity contribution in [3.8, 4) is 0 Å². The van der Waals surface area contributed by atoms with Gasteiger partial charge in [0.05, 0.1) is 11.7 Å². The van der Waals surface area contributed by atoms with E-state index < -0.39 is 0 Å². The number of carbonyl (C=O) groups is 1. The summed E-state index contributed by atoms with van der Waals surface area (Å²) in [6, 6.07) is 3.80. The summed E-state index contributed by atoms with van der Waals surface area (Å²) in [6.45, 7) is 0. The Morgan fingerprint density at radius 3 is 2.89 bits per heavy atom. The molecular formula is C14H17N3O2. The summed E-state index contributed by atoms with van der Waals surface area (Å²) in [7, 11) is 0. The number of rotatable bonds is 2. The third-order valence-electron chi connectivity index (χ3n) is 3.68. The number of hydrogen-bond donors (Lipinski definition) is 2. The maximum atomic E-state index is 12.2. The second-order valence-corrected chi connectivity index (χ2v) is 5.09. The van der Waals surface area contributed by atoms with Gasteiger partial charge in [0.15, 0.2) is 0 Å². The second kappa shape index (κ2) is 5.01. The summed E-state index contributed by atoms with van der Waals surface area (Å²) in [5.41, 5.74) is 1.47. The molecule has 2 N–H and O–H groups in total. The molecule has 100 valence electrons. The van der Waals surface area contributed by atoms with E-state index >= 15 is 0 Å². The fourth-order valence-corrected chi connectivity index (χ4v) is 2.54. The number of imidazole rings is 1. The van der Waals surface area contributed by atoms with Crippen LogP contribution in [0.15, 0.2) is 30.7 Å². The molecule has 5 nitrogen and oxygen atoms in total. The molecule has 0 unspecified atom stereocenters. The number of nitrogens with zero attached hydrogens (tertiary/aromatic N) is 2. The van der Waals surface area contributed by atoms with E-state index in [4.69, 9.17) is 0 Å². The summed E-state index contributed by atoms with van der Waals surface area (Å²) in [6.07, 6.45) is 8.35. The largest absolute Gasteiger partial charge is 0.393 e. The summed E-state index contributed by atoms with van der Waals surface area (Å²) < 4.78 is 1.83. The Balaban J connectivity index is 1.69. The van der Waals surface area contributed by atoms with Crippen molar-refractivity contribution in [2.45, 2.75) is 37.8 Å². The van der Waals surface area contributed by atoms with Crippen LogP contribution in [0.1, 0.15) is 36.0 Å². The smallest absolute Gasteiger partial charge is 0.252 e. The Hall–Kier alpha value is -1.88. The zero-order chi connectivity index (χ0) is 13.2. The Bertz CT molecular complexity index is 585. The molecule has 2 aromatic rings.